The third-order valence-electron chi connectivity index (χ3n) is 2.53. The fourth-order valence-electron chi connectivity index (χ4n) is 1.63. The number of aromatic nitrogens is 1. The van der Waals surface area contributed by atoms with Crippen molar-refractivity contribution in [2.75, 3.05) is 5.73 Å². The van der Waals surface area contributed by atoms with Crippen LogP contribution in [-0.2, 0) is 0 Å². The Balaban J connectivity index is 2.34. The van der Waals surface area contributed by atoms with Gasteiger partial charge < -0.3 is 15.2 Å². The lowest BCUT2D eigenvalue weighted by atomic mass is 10.2. The maximum absolute atomic E-state index is 14.0. The molecule has 0 radical (unpaired) electrons. The normalized spacial score (nSPS) is 10.5. The largest absolute Gasteiger partial charge is 0.487 e. The van der Waals surface area contributed by atoms with E-state index in [2.05, 4.69) is 4.98 Å². The average Bonchev–Trinajstić information content (AvgIpc) is 2.44. The molecule has 2 aromatic rings. The maximum atomic E-state index is 14.0. The van der Waals surface area contributed by atoms with E-state index in [-0.39, 0.29) is 23.2 Å². The second kappa shape index (κ2) is 6.21. The van der Waals surface area contributed by atoms with Gasteiger partial charge in [0.1, 0.15) is 11.3 Å². The SMILES string of the molecule is CC(C)Oc1c(C(=O)Oc2ccccc2)cnc(N)c1F. The van der Waals surface area contributed by atoms with Crippen LogP contribution in [0.5, 0.6) is 11.5 Å². The van der Waals surface area contributed by atoms with Crippen LogP contribution >= 0.6 is 0 Å². The number of nitrogens with two attached hydrogens (primary N) is 1. The molecule has 1 heterocycles. The minimum absolute atomic E-state index is 0.112. The molecular formula is C15H15FN2O3. The summed E-state index contributed by atoms with van der Waals surface area (Å²) in [6.45, 7) is 3.42. The van der Waals surface area contributed by atoms with Gasteiger partial charge >= 0.3 is 5.97 Å². The van der Waals surface area contributed by atoms with Crippen molar-refractivity contribution in [1.82, 2.24) is 4.98 Å². The van der Waals surface area contributed by atoms with Crippen LogP contribution in [0.2, 0.25) is 0 Å². The summed E-state index contributed by atoms with van der Waals surface area (Å²) in [5.41, 5.74) is 5.29. The van der Waals surface area contributed by atoms with Crippen LogP contribution < -0.4 is 15.2 Å². The first-order valence-electron chi connectivity index (χ1n) is 6.37. The molecule has 0 aliphatic carbocycles. The van der Waals surface area contributed by atoms with Crippen molar-refractivity contribution < 1.29 is 18.7 Å². The van der Waals surface area contributed by atoms with Crippen molar-refractivity contribution in [2.24, 2.45) is 0 Å². The lowest BCUT2D eigenvalue weighted by Gasteiger charge is -2.14. The third-order valence-corrected chi connectivity index (χ3v) is 2.53. The number of halogens is 1. The van der Waals surface area contributed by atoms with E-state index in [0.717, 1.165) is 6.20 Å². The highest BCUT2D eigenvalue weighted by Crippen LogP contribution is 2.27. The Kier molecular flexibility index (Phi) is 4.37. The lowest BCUT2D eigenvalue weighted by molar-refractivity contribution is 0.0726. The zero-order valence-electron chi connectivity index (χ0n) is 11.7. The van der Waals surface area contributed by atoms with Crippen LogP contribution in [0.4, 0.5) is 10.2 Å². The number of nitrogens with zero attached hydrogens (tertiary/aromatic N) is 1. The van der Waals surface area contributed by atoms with Gasteiger partial charge in [-0.25, -0.2) is 9.78 Å². The number of esters is 1. The van der Waals surface area contributed by atoms with Gasteiger partial charge in [0.2, 0.25) is 5.82 Å². The van der Waals surface area contributed by atoms with Crippen LogP contribution in [0.15, 0.2) is 36.5 Å². The summed E-state index contributed by atoms with van der Waals surface area (Å²) in [5.74, 6) is -1.87. The molecule has 21 heavy (non-hydrogen) atoms. The number of benzene rings is 1. The van der Waals surface area contributed by atoms with Gasteiger partial charge in [-0.15, -0.1) is 0 Å². The lowest BCUT2D eigenvalue weighted by Crippen LogP contribution is -2.16. The Hall–Kier alpha value is -2.63. The molecule has 0 bridgehead atoms. The first kappa shape index (κ1) is 14.8. The number of rotatable bonds is 4. The van der Waals surface area contributed by atoms with Gasteiger partial charge in [-0.2, -0.15) is 4.39 Å². The van der Waals surface area contributed by atoms with E-state index in [9.17, 15) is 9.18 Å². The van der Waals surface area contributed by atoms with Crippen LogP contribution in [0.25, 0.3) is 0 Å². The summed E-state index contributed by atoms with van der Waals surface area (Å²) in [4.78, 5) is 15.8. The summed E-state index contributed by atoms with van der Waals surface area (Å²) in [5, 5.41) is 0. The van der Waals surface area contributed by atoms with E-state index in [1.54, 1.807) is 44.2 Å². The Bertz CT molecular complexity index is 645. The Morgan fingerprint density at radius 2 is 1.95 bits per heavy atom. The number of para-hydroxylation sites is 1. The molecule has 1 aromatic heterocycles. The number of hydrogen-bond donors (Lipinski definition) is 1. The minimum Gasteiger partial charge on any atom is -0.487 e. The first-order valence-corrected chi connectivity index (χ1v) is 6.37. The molecule has 2 N–H and O–H groups in total. The van der Waals surface area contributed by atoms with Crippen LogP contribution in [-0.4, -0.2) is 17.1 Å². The molecule has 0 saturated heterocycles. The Morgan fingerprint density at radius 1 is 1.29 bits per heavy atom. The second-order valence-electron chi connectivity index (χ2n) is 4.57. The van der Waals surface area contributed by atoms with Gasteiger partial charge in [-0.05, 0) is 26.0 Å². The molecule has 1 aromatic carbocycles. The van der Waals surface area contributed by atoms with E-state index in [0.29, 0.717) is 5.75 Å². The van der Waals surface area contributed by atoms with Gasteiger partial charge in [0.05, 0.1) is 6.10 Å². The molecule has 6 heteroatoms. The van der Waals surface area contributed by atoms with E-state index >= 15 is 0 Å². The van der Waals surface area contributed by atoms with Gasteiger partial charge in [-0.3, -0.25) is 0 Å². The van der Waals surface area contributed by atoms with E-state index in [4.69, 9.17) is 15.2 Å². The fraction of sp³-hybridized carbons (Fsp3) is 0.200. The molecule has 0 unspecified atom stereocenters. The summed E-state index contributed by atoms with van der Waals surface area (Å²) in [7, 11) is 0. The van der Waals surface area contributed by atoms with Gasteiger partial charge in [0, 0.05) is 6.20 Å². The van der Waals surface area contributed by atoms with Crippen LogP contribution in [0.1, 0.15) is 24.2 Å². The zero-order valence-corrected chi connectivity index (χ0v) is 11.7. The second-order valence-corrected chi connectivity index (χ2v) is 4.57. The van der Waals surface area contributed by atoms with Gasteiger partial charge in [0.15, 0.2) is 11.6 Å². The number of anilines is 1. The summed E-state index contributed by atoms with van der Waals surface area (Å²) < 4.78 is 24.5. The number of ether oxygens (including phenoxy) is 2. The molecule has 5 nitrogen and oxygen atoms in total. The quantitative estimate of drug-likeness (QED) is 0.692. The average molecular weight is 290 g/mol. The number of carbonyl (C=O) groups excluding carboxylic acids is 1. The molecular weight excluding hydrogens is 275 g/mol. The summed E-state index contributed by atoms with van der Waals surface area (Å²) in [6.07, 6.45) is 0.811. The summed E-state index contributed by atoms with van der Waals surface area (Å²) >= 11 is 0. The highest BCUT2D eigenvalue weighted by molar-refractivity contribution is 5.94. The third kappa shape index (κ3) is 3.47. The van der Waals surface area contributed by atoms with Crippen molar-refractivity contribution >= 4 is 11.8 Å². The Morgan fingerprint density at radius 3 is 2.57 bits per heavy atom. The maximum Gasteiger partial charge on any atom is 0.349 e. The van der Waals surface area contributed by atoms with E-state index < -0.39 is 11.8 Å². The predicted molar refractivity (Wildman–Crippen MR) is 75.8 cm³/mol. The molecule has 0 atom stereocenters. The number of pyridine rings is 1. The number of nitrogen functional groups attached to an aromatic ring is 1. The smallest absolute Gasteiger partial charge is 0.349 e. The zero-order chi connectivity index (χ0) is 15.4. The molecule has 2 rings (SSSR count). The molecule has 0 aliphatic rings. The van der Waals surface area contributed by atoms with Crippen molar-refractivity contribution in [3.05, 3.63) is 47.9 Å². The van der Waals surface area contributed by atoms with E-state index in [1.165, 1.54) is 0 Å². The van der Waals surface area contributed by atoms with Gasteiger partial charge in [-0.1, -0.05) is 18.2 Å². The van der Waals surface area contributed by atoms with Crippen molar-refractivity contribution in [2.45, 2.75) is 20.0 Å². The molecule has 110 valence electrons. The molecule has 0 amide bonds. The standard InChI is InChI=1S/C15H15FN2O3/c1-9(2)20-13-11(8-18-14(17)12(13)16)15(19)21-10-6-4-3-5-7-10/h3-9H,1-2H3,(H2,17,18). The fourth-order valence-corrected chi connectivity index (χ4v) is 1.63. The molecule has 0 spiro atoms. The summed E-state index contributed by atoms with van der Waals surface area (Å²) in [6, 6.07) is 8.45. The topological polar surface area (TPSA) is 74.4 Å². The van der Waals surface area contributed by atoms with Crippen molar-refractivity contribution in [1.29, 1.82) is 0 Å². The Labute approximate surface area is 121 Å². The number of hydrogen-bond acceptors (Lipinski definition) is 5. The van der Waals surface area contributed by atoms with Crippen LogP contribution in [0.3, 0.4) is 0 Å². The monoisotopic (exact) mass is 290 g/mol. The first-order chi connectivity index (χ1) is 9.99. The molecule has 0 aliphatic heterocycles. The van der Waals surface area contributed by atoms with Crippen molar-refractivity contribution in [3.63, 3.8) is 0 Å². The highest BCUT2D eigenvalue weighted by atomic mass is 19.1. The van der Waals surface area contributed by atoms with Crippen molar-refractivity contribution in [3.8, 4) is 11.5 Å². The predicted octanol–water partition coefficient (Wildman–Crippen LogP) is 2.81. The molecule has 0 fully saturated rings. The highest BCUT2D eigenvalue weighted by Gasteiger charge is 2.22. The molecule has 0 saturated carbocycles. The number of carbonyl (C=O) groups is 1. The van der Waals surface area contributed by atoms with E-state index in [1.807, 2.05) is 0 Å². The minimum atomic E-state index is -0.869. The van der Waals surface area contributed by atoms with Gasteiger partial charge in [0.25, 0.3) is 0 Å². The van der Waals surface area contributed by atoms with Crippen LogP contribution in [0, 0.1) is 5.82 Å².